The van der Waals surface area contributed by atoms with Gasteiger partial charge in [-0.15, -0.1) is 0 Å². The van der Waals surface area contributed by atoms with E-state index in [9.17, 15) is 4.79 Å². The smallest absolute Gasteiger partial charge is 0.322 e. The zero-order chi connectivity index (χ0) is 17.0. The van der Waals surface area contributed by atoms with Crippen molar-refractivity contribution in [3.05, 3.63) is 29.8 Å². The Labute approximate surface area is 140 Å². The monoisotopic (exact) mass is 318 g/mol. The van der Waals surface area contributed by atoms with Gasteiger partial charge in [-0.2, -0.15) is 0 Å². The first-order valence-electron chi connectivity index (χ1n) is 8.54. The molecule has 4 nitrogen and oxygen atoms in total. The molecule has 1 heterocycles. The van der Waals surface area contributed by atoms with E-state index in [0.29, 0.717) is 25.7 Å². The fraction of sp³-hybridized carbons (Fsp3) is 0.632. The summed E-state index contributed by atoms with van der Waals surface area (Å²) < 4.78 is 5.57. The lowest BCUT2D eigenvalue weighted by atomic mass is 9.86. The normalized spacial score (nSPS) is 19.0. The summed E-state index contributed by atoms with van der Waals surface area (Å²) in [6.45, 7) is 12.7. The number of amides is 2. The van der Waals surface area contributed by atoms with E-state index in [4.69, 9.17) is 4.74 Å². The maximum Gasteiger partial charge on any atom is 0.322 e. The van der Waals surface area contributed by atoms with Crippen LogP contribution in [0.1, 0.15) is 46.6 Å². The van der Waals surface area contributed by atoms with Crippen molar-refractivity contribution in [1.82, 2.24) is 4.90 Å². The van der Waals surface area contributed by atoms with Crippen LogP contribution >= 0.6 is 0 Å². The maximum absolute atomic E-state index is 12.8. The van der Waals surface area contributed by atoms with Gasteiger partial charge in [-0.3, -0.25) is 0 Å². The van der Waals surface area contributed by atoms with Crippen molar-refractivity contribution < 1.29 is 9.53 Å². The second kappa shape index (κ2) is 7.35. The molecular formula is C19H30N2O2. The summed E-state index contributed by atoms with van der Waals surface area (Å²) in [6, 6.07) is 8.19. The minimum Gasteiger partial charge on any atom is -0.377 e. The Hall–Kier alpha value is -1.55. The molecule has 4 heteroatoms. The van der Waals surface area contributed by atoms with Gasteiger partial charge in [0.25, 0.3) is 0 Å². The first kappa shape index (κ1) is 17.8. The number of carbonyl (C=O) groups excluding carboxylic acids is 1. The highest BCUT2D eigenvalue weighted by atomic mass is 16.5. The van der Waals surface area contributed by atoms with E-state index >= 15 is 0 Å². The van der Waals surface area contributed by atoms with Gasteiger partial charge in [0.05, 0.1) is 19.3 Å². The molecule has 0 aliphatic carbocycles. The molecule has 128 valence electrons. The highest BCUT2D eigenvalue weighted by molar-refractivity contribution is 5.90. The van der Waals surface area contributed by atoms with Crippen LogP contribution < -0.4 is 5.32 Å². The molecule has 1 saturated heterocycles. The van der Waals surface area contributed by atoms with E-state index in [0.717, 1.165) is 17.7 Å². The third-order valence-electron chi connectivity index (χ3n) is 4.21. The molecule has 2 rings (SSSR count). The van der Waals surface area contributed by atoms with Gasteiger partial charge in [0, 0.05) is 12.2 Å². The number of nitrogens with one attached hydrogen (secondary N) is 1. The number of anilines is 1. The fourth-order valence-corrected chi connectivity index (χ4v) is 3.09. The molecule has 1 aromatic carbocycles. The molecule has 0 radical (unpaired) electrons. The highest BCUT2D eigenvalue weighted by Gasteiger charge is 2.29. The zero-order valence-electron chi connectivity index (χ0n) is 15.1. The van der Waals surface area contributed by atoms with Crippen molar-refractivity contribution in [1.29, 1.82) is 0 Å². The van der Waals surface area contributed by atoms with Crippen LogP contribution in [-0.4, -0.2) is 36.7 Å². The zero-order valence-corrected chi connectivity index (χ0v) is 15.1. The predicted molar refractivity (Wildman–Crippen MR) is 94.9 cm³/mol. The van der Waals surface area contributed by atoms with Crippen molar-refractivity contribution >= 4 is 11.7 Å². The number of nitrogens with zero attached hydrogens (tertiary/aromatic N) is 1. The van der Waals surface area contributed by atoms with Crippen LogP contribution in [0.5, 0.6) is 0 Å². The van der Waals surface area contributed by atoms with Gasteiger partial charge >= 0.3 is 6.03 Å². The summed E-state index contributed by atoms with van der Waals surface area (Å²) >= 11 is 0. The lowest BCUT2D eigenvalue weighted by Crippen LogP contribution is -2.51. The van der Waals surface area contributed by atoms with E-state index in [1.165, 1.54) is 0 Å². The average molecular weight is 318 g/mol. The van der Waals surface area contributed by atoms with Gasteiger partial charge in [0.2, 0.25) is 0 Å². The quantitative estimate of drug-likeness (QED) is 0.904. The molecule has 1 N–H and O–H groups in total. The standard InChI is InChI=1S/C19H30N2O2/c1-14(2)12-15-13-23-11-10-21(15)18(22)20-17-9-7-6-8-16(17)19(3,4)5/h6-9,14-15H,10-13H2,1-5H3,(H,20,22). The first-order chi connectivity index (χ1) is 10.8. The number of ether oxygens (including phenoxy) is 1. The van der Waals surface area contributed by atoms with E-state index in [1.807, 2.05) is 23.1 Å². The third-order valence-corrected chi connectivity index (χ3v) is 4.21. The Kier molecular flexibility index (Phi) is 5.69. The Balaban J connectivity index is 2.15. The molecule has 23 heavy (non-hydrogen) atoms. The van der Waals surface area contributed by atoms with Gasteiger partial charge in [-0.25, -0.2) is 4.79 Å². The summed E-state index contributed by atoms with van der Waals surface area (Å²) in [7, 11) is 0. The Bertz CT molecular complexity index is 534. The number of urea groups is 1. The SMILES string of the molecule is CC(C)CC1COCCN1C(=O)Nc1ccccc1C(C)(C)C. The fourth-order valence-electron chi connectivity index (χ4n) is 3.09. The number of hydrogen-bond donors (Lipinski definition) is 1. The van der Waals surface area contributed by atoms with Crippen LogP contribution in [0.4, 0.5) is 10.5 Å². The average Bonchev–Trinajstić information content (AvgIpc) is 2.46. The summed E-state index contributed by atoms with van der Waals surface area (Å²) in [5.74, 6) is 0.541. The third kappa shape index (κ3) is 4.71. The van der Waals surface area contributed by atoms with Crippen molar-refractivity contribution in [3.8, 4) is 0 Å². The number of para-hydroxylation sites is 1. The van der Waals surface area contributed by atoms with Crippen LogP contribution in [0.2, 0.25) is 0 Å². The highest BCUT2D eigenvalue weighted by Crippen LogP contribution is 2.29. The Morgan fingerprint density at radius 1 is 1.35 bits per heavy atom. The lowest BCUT2D eigenvalue weighted by Gasteiger charge is -2.37. The van der Waals surface area contributed by atoms with Gasteiger partial charge in [0.1, 0.15) is 0 Å². The first-order valence-corrected chi connectivity index (χ1v) is 8.54. The number of carbonyl (C=O) groups is 1. The van der Waals surface area contributed by atoms with E-state index in [2.05, 4.69) is 46.0 Å². The molecule has 1 aliphatic rings. The second-order valence-corrected chi connectivity index (χ2v) is 7.78. The molecule has 1 aromatic rings. The molecule has 2 amide bonds. The molecule has 1 aliphatic heterocycles. The van der Waals surface area contributed by atoms with Crippen LogP contribution in [0, 0.1) is 5.92 Å². The van der Waals surface area contributed by atoms with Gasteiger partial charge < -0.3 is 15.0 Å². The van der Waals surface area contributed by atoms with Crippen molar-refractivity contribution in [2.75, 3.05) is 25.1 Å². The van der Waals surface area contributed by atoms with Gasteiger partial charge in [-0.05, 0) is 29.4 Å². The van der Waals surface area contributed by atoms with Crippen LogP contribution in [0.3, 0.4) is 0 Å². The molecule has 1 atom stereocenters. The van der Waals surface area contributed by atoms with Crippen LogP contribution in [0.15, 0.2) is 24.3 Å². The molecule has 1 unspecified atom stereocenters. The maximum atomic E-state index is 12.8. The molecule has 1 fully saturated rings. The predicted octanol–water partition coefficient (Wildman–Crippen LogP) is 4.26. The summed E-state index contributed by atoms with van der Waals surface area (Å²) in [5.41, 5.74) is 2.05. The molecular weight excluding hydrogens is 288 g/mol. The number of hydrogen-bond acceptors (Lipinski definition) is 2. The van der Waals surface area contributed by atoms with E-state index in [-0.39, 0.29) is 17.5 Å². The second-order valence-electron chi connectivity index (χ2n) is 7.78. The lowest BCUT2D eigenvalue weighted by molar-refractivity contribution is 0.00856. The molecule has 0 bridgehead atoms. The van der Waals surface area contributed by atoms with E-state index < -0.39 is 0 Å². The Morgan fingerprint density at radius 2 is 2.04 bits per heavy atom. The van der Waals surface area contributed by atoms with Crippen molar-refractivity contribution in [2.24, 2.45) is 5.92 Å². The van der Waals surface area contributed by atoms with Crippen molar-refractivity contribution in [2.45, 2.75) is 52.5 Å². The van der Waals surface area contributed by atoms with Gasteiger partial charge in [-0.1, -0.05) is 52.8 Å². The number of rotatable bonds is 3. The van der Waals surface area contributed by atoms with Gasteiger partial charge in [0.15, 0.2) is 0 Å². The largest absolute Gasteiger partial charge is 0.377 e. The summed E-state index contributed by atoms with van der Waals surface area (Å²) in [4.78, 5) is 14.7. The van der Waals surface area contributed by atoms with Crippen LogP contribution in [-0.2, 0) is 10.2 Å². The molecule has 0 spiro atoms. The number of benzene rings is 1. The van der Waals surface area contributed by atoms with E-state index in [1.54, 1.807) is 0 Å². The summed E-state index contributed by atoms with van der Waals surface area (Å²) in [5, 5.41) is 3.12. The van der Waals surface area contributed by atoms with Crippen molar-refractivity contribution in [3.63, 3.8) is 0 Å². The molecule has 0 aromatic heterocycles. The minimum absolute atomic E-state index is 0.00772. The topological polar surface area (TPSA) is 41.6 Å². The number of morpholine rings is 1. The summed E-state index contributed by atoms with van der Waals surface area (Å²) in [6.07, 6.45) is 0.967. The van der Waals surface area contributed by atoms with Crippen LogP contribution in [0.25, 0.3) is 0 Å². The Morgan fingerprint density at radius 3 is 2.70 bits per heavy atom. The minimum atomic E-state index is -0.0179. The molecule has 0 saturated carbocycles.